The van der Waals surface area contributed by atoms with Gasteiger partial charge in [-0.3, -0.25) is 4.21 Å². The van der Waals surface area contributed by atoms with Crippen LogP contribution in [0.4, 0.5) is 36.4 Å². The van der Waals surface area contributed by atoms with Crippen LogP contribution >= 0.6 is 0 Å². The lowest BCUT2D eigenvalue weighted by molar-refractivity contribution is -0.105. The van der Waals surface area contributed by atoms with Crippen LogP contribution in [0.2, 0.25) is 0 Å². The molecule has 2 nitrogen and oxygen atoms in total. The first-order valence-electron chi connectivity index (χ1n) is 7.81. The monoisotopic (exact) mass is 425 g/mol. The predicted molar refractivity (Wildman–Crippen MR) is 91.8 cm³/mol. The van der Waals surface area contributed by atoms with Gasteiger partial charge >= 0.3 is 12.4 Å². The molecule has 1 atom stereocenters. The van der Waals surface area contributed by atoms with Crippen molar-refractivity contribution < 1.29 is 34.9 Å². The molecule has 10 heteroatoms. The molecule has 2 aromatic carbocycles. The quantitative estimate of drug-likeness (QED) is 0.448. The highest BCUT2D eigenvalue weighted by molar-refractivity contribution is 7.85. The van der Waals surface area contributed by atoms with Crippen LogP contribution in [0.3, 0.4) is 0 Å². The first-order chi connectivity index (χ1) is 12.9. The normalized spacial score (nSPS) is 14.2. The zero-order valence-corrected chi connectivity index (χ0v) is 15.2. The van der Waals surface area contributed by atoms with E-state index in [1.54, 1.807) is 6.07 Å². The van der Waals surface area contributed by atoms with E-state index in [0.29, 0.717) is 6.07 Å². The maximum atomic E-state index is 14.1. The number of alkyl halides is 6. The zero-order chi connectivity index (χ0) is 21.1. The molecule has 0 aliphatic rings. The number of aliphatic imine (C=N–C) groups is 1. The van der Waals surface area contributed by atoms with Gasteiger partial charge in [0.2, 0.25) is 0 Å². The third kappa shape index (κ3) is 6.15. The van der Waals surface area contributed by atoms with Gasteiger partial charge in [0.15, 0.2) is 0 Å². The fraction of sp³-hybridized carbons (Fsp3) is 0.278. The molecule has 0 saturated carbocycles. The molecule has 2 aromatic rings. The van der Waals surface area contributed by atoms with Crippen molar-refractivity contribution in [2.75, 3.05) is 5.75 Å². The first kappa shape index (κ1) is 22.1. The Balaban J connectivity index is 2.48. The maximum absolute atomic E-state index is 14.1. The molecule has 0 heterocycles. The van der Waals surface area contributed by atoms with E-state index >= 15 is 0 Å². The molecule has 28 heavy (non-hydrogen) atoms. The van der Waals surface area contributed by atoms with Crippen molar-refractivity contribution in [2.45, 2.75) is 30.6 Å². The zero-order valence-electron chi connectivity index (χ0n) is 14.4. The largest absolute Gasteiger partial charge is 0.429 e. The summed E-state index contributed by atoms with van der Waals surface area (Å²) in [6, 6.07) is 8.90. The van der Waals surface area contributed by atoms with Gasteiger partial charge in [0.25, 0.3) is 0 Å². The molecule has 0 aliphatic carbocycles. The highest BCUT2D eigenvalue weighted by Crippen LogP contribution is 2.30. The Morgan fingerprint density at radius 1 is 1.04 bits per heavy atom. The van der Waals surface area contributed by atoms with Crippen molar-refractivity contribution in [3.05, 3.63) is 59.4 Å². The number of benzene rings is 2. The van der Waals surface area contributed by atoms with E-state index in [-0.39, 0.29) is 11.1 Å². The maximum Gasteiger partial charge on any atom is 0.429 e. The molecule has 0 aliphatic heterocycles. The molecule has 0 saturated heterocycles. The Kier molecular flexibility index (Phi) is 6.63. The van der Waals surface area contributed by atoms with Gasteiger partial charge in [-0.1, -0.05) is 30.3 Å². The summed E-state index contributed by atoms with van der Waals surface area (Å²) < 4.78 is 103. The van der Waals surface area contributed by atoms with Crippen molar-refractivity contribution in [3.63, 3.8) is 0 Å². The molecule has 0 amide bonds. The molecular weight excluding hydrogens is 411 g/mol. The average Bonchev–Trinajstić information content (AvgIpc) is 2.54. The molecule has 0 bridgehead atoms. The molecule has 0 fully saturated rings. The third-order valence-corrected chi connectivity index (χ3v) is 5.10. The fourth-order valence-corrected chi connectivity index (χ4v) is 3.45. The molecule has 0 aromatic heterocycles. The number of rotatable bonds is 5. The van der Waals surface area contributed by atoms with E-state index in [0.717, 1.165) is 6.07 Å². The summed E-state index contributed by atoms with van der Waals surface area (Å²) in [6.45, 7) is 1.22. The van der Waals surface area contributed by atoms with E-state index in [4.69, 9.17) is 0 Å². The SMILES string of the molecule is Cc1cc(F)c(N=C(Cc2ccccc2)C(F)(F)F)cc1S(=O)CC(F)(F)F. The van der Waals surface area contributed by atoms with Crippen molar-refractivity contribution in [3.8, 4) is 0 Å². The van der Waals surface area contributed by atoms with Gasteiger partial charge in [-0.25, -0.2) is 9.38 Å². The molecule has 0 radical (unpaired) electrons. The lowest BCUT2D eigenvalue weighted by Gasteiger charge is -2.13. The topological polar surface area (TPSA) is 29.4 Å². The third-order valence-electron chi connectivity index (χ3n) is 3.58. The van der Waals surface area contributed by atoms with E-state index in [9.17, 15) is 34.9 Å². The highest BCUT2D eigenvalue weighted by atomic mass is 32.2. The summed E-state index contributed by atoms with van der Waals surface area (Å²) in [5, 5.41) is 0. The summed E-state index contributed by atoms with van der Waals surface area (Å²) in [7, 11) is -2.60. The van der Waals surface area contributed by atoms with Gasteiger partial charge < -0.3 is 0 Å². The van der Waals surface area contributed by atoms with Crippen LogP contribution in [0, 0.1) is 12.7 Å². The van der Waals surface area contributed by atoms with E-state index in [2.05, 4.69) is 4.99 Å². The molecule has 0 spiro atoms. The second kappa shape index (κ2) is 8.42. The lowest BCUT2D eigenvalue weighted by Crippen LogP contribution is -2.25. The van der Waals surface area contributed by atoms with Crippen LogP contribution in [0.25, 0.3) is 0 Å². The minimum Gasteiger partial charge on any atom is -0.254 e. The van der Waals surface area contributed by atoms with E-state index < -0.39 is 57.4 Å². The minimum atomic E-state index is -4.89. The summed E-state index contributed by atoms with van der Waals surface area (Å²) in [5.74, 6) is -2.85. The average molecular weight is 425 g/mol. The van der Waals surface area contributed by atoms with Gasteiger partial charge in [-0.2, -0.15) is 26.3 Å². The van der Waals surface area contributed by atoms with E-state index in [1.165, 1.54) is 31.2 Å². The van der Waals surface area contributed by atoms with Gasteiger partial charge in [-0.15, -0.1) is 0 Å². The van der Waals surface area contributed by atoms with Crippen molar-refractivity contribution >= 4 is 22.2 Å². The lowest BCUT2D eigenvalue weighted by atomic mass is 10.1. The predicted octanol–water partition coefficient (Wildman–Crippen LogP) is 5.68. The minimum absolute atomic E-state index is 0.0735. The Morgan fingerprint density at radius 2 is 1.64 bits per heavy atom. The van der Waals surface area contributed by atoms with Crippen molar-refractivity contribution in [1.82, 2.24) is 0 Å². The number of halogens is 7. The van der Waals surface area contributed by atoms with Crippen LogP contribution in [-0.4, -0.2) is 28.0 Å². The van der Waals surface area contributed by atoms with Gasteiger partial charge in [0.1, 0.15) is 23.0 Å². The Hall–Kier alpha value is -2.23. The number of hydrogen-bond donors (Lipinski definition) is 0. The summed E-state index contributed by atoms with van der Waals surface area (Å²) >= 11 is 0. The summed E-state index contributed by atoms with van der Waals surface area (Å²) in [5.41, 5.74) is -1.95. The highest BCUT2D eigenvalue weighted by Gasteiger charge is 2.36. The number of hydrogen-bond acceptors (Lipinski definition) is 2. The summed E-state index contributed by atoms with van der Waals surface area (Å²) in [4.78, 5) is 2.89. The van der Waals surface area contributed by atoms with Crippen LogP contribution in [0.1, 0.15) is 11.1 Å². The fourth-order valence-electron chi connectivity index (χ4n) is 2.34. The van der Waals surface area contributed by atoms with Gasteiger partial charge in [0, 0.05) is 11.3 Å². The van der Waals surface area contributed by atoms with Gasteiger partial charge in [0.05, 0.1) is 10.8 Å². The molecule has 1 unspecified atom stereocenters. The Morgan fingerprint density at radius 3 is 2.18 bits per heavy atom. The van der Waals surface area contributed by atoms with Crippen LogP contribution < -0.4 is 0 Å². The number of aryl methyl sites for hydroxylation is 1. The molecular formula is C18H14F7NOS. The first-order valence-corrected chi connectivity index (χ1v) is 9.12. The van der Waals surface area contributed by atoms with Crippen molar-refractivity contribution in [1.29, 1.82) is 0 Å². The molecule has 2 rings (SSSR count). The summed E-state index contributed by atoms with van der Waals surface area (Å²) in [6.07, 6.45) is -10.3. The second-order valence-corrected chi connectivity index (χ2v) is 7.31. The molecule has 152 valence electrons. The van der Waals surface area contributed by atoms with Gasteiger partial charge in [-0.05, 0) is 30.2 Å². The smallest absolute Gasteiger partial charge is 0.254 e. The second-order valence-electron chi connectivity index (χ2n) is 5.89. The number of nitrogens with zero attached hydrogens (tertiary/aromatic N) is 1. The van der Waals surface area contributed by atoms with Crippen LogP contribution in [0.15, 0.2) is 52.4 Å². The van der Waals surface area contributed by atoms with Crippen LogP contribution in [-0.2, 0) is 17.2 Å². The Labute approximate surface area is 158 Å². The standard InChI is InChI=1S/C18H14F7NOS/c1-11-7-13(19)14(9-15(11)28(27)10-17(20,21)22)26-16(18(23,24)25)8-12-5-3-2-4-6-12/h2-7,9H,8,10H2,1H3. The van der Waals surface area contributed by atoms with Crippen LogP contribution in [0.5, 0.6) is 0 Å². The Bertz CT molecular complexity index is 889. The molecule has 0 N–H and O–H groups in total. The van der Waals surface area contributed by atoms with Crippen molar-refractivity contribution in [2.24, 2.45) is 4.99 Å². The van der Waals surface area contributed by atoms with E-state index in [1.807, 2.05) is 0 Å².